The summed E-state index contributed by atoms with van der Waals surface area (Å²) in [6, 6.07) is 30.8. The molecule has 1 fully saturated rings. The van der Waals surface area contributed by atoms with Crippen LogP contribution in [0.5, 0.6) is 11.5 Å². The Bertz CT molecular complexity index is 1510. The van der Waals surface area contributed by atoms with E-state index in [0.717, 1.165) is 22.4 Å². The molecule has 1 amide bonds. The second kappa shape index (κ2) is 12.1. The number of ether oxygens (including phenoxy) is 1. The van der Waals surface area contributed by atoms with Crippen molar-refractivity contribution < 1.29 is 13.9 Å². The van der Waals surface area contributed by atoms with Gasteiger partial charge in [-0.15, -0.1) is 5.10 Å². The fraction of sp³-hybridized carbons (Fsp3) is 0.0645. The van der Waals surface area contributed by atoms with Gasteiger partial charge in [-0.25, -0.2) is 0 Å². The van der Waals surface area contributed by atoms with E-state index in [2.05, 4.69) is 10.2 Å². The van der Waals surface area contributed by atoms with Crippen molar-refractivity contribution in [3.63, 3.8) is 0 Å². The van der Waals surface area contributed by atoms with Gasteiger partial charge in [0.2, 0.25) is 0 Å². The first kappa shape index (κ1) is 25.0. The molecule has 0 N–H and O–H groups in total. The van der Waals surface area contributed by atoms with Crippen LogP contribution in [0.25, 0.3) is 6.08 Å². The standard InChI is InChI=1S/C31H25N3O3S/c1-23(18-24-10-4-2-5-11-24)19-29-30(35)34(22-28-16-9-17-36-28)31(38-29)33-32-21-25-12-8-15-27(20-25)37-26-13-6-3-7-14-26/h2-21H,22H2,1H3/b23-18+,29-19-,32-21-,33-31+. The Morgan fingerprint density at radius 1 is 0.921 bits per heavy atom. The number of amides is 1. The maximum atomic E-state index is 13.3. The number of allylic oxidation sites excluding steroid dienone is 2. The molecule has 7 heteroatoms. The summed E-state index contributed by atoms with van der Waals surface area (Å²) in [6.07, 6.45) is 7.15. The number of carbonyl (C=O) groups is 1. The fourth-order valence-corrected chi connectivity index (χ4v) is 4.75. The summed E-state index contributed by atoms with van der Waals surface area (Å²) in [5.74, 6) is 1.98. The van der Waals surface area contributed by atoms with Crippen LogP contribution in [0.4, 0.5) is 0 Å². The van der Waals surface area contributed by atoms with Gasteiger partial charge in [-0.1, -0.05) is 66.7 Å². The number of thioether (sulfide) groups is 1. The van der Waals surface area contributed by atoms with Crippen LogP contribution in [-0.4, -0.2) is 22.2 Å². The minimum atomic E-state index is -0.139. The van der Waals surface area contributed by atoms with E-state index in [1.807, 2.05) is 110 Å². The Morgan fingerprint density at radius 2 is 1.66 bits per heavy atom. The summed E-state index contributed by atoms with van der Waals surface area (Å²) in [6.45, 7) is 2.24. The Labute approximate surface area is 225 Å². The van der Waals surface area contributed by atoms with Crippen LogP contribution >= 0.6 is 11.8 Å². The third kappa shape index (κ3) is 6.57. The van der Waals surface area contributed by atoms with Crippen molar-refractivity contribution in [2.75, 3.05) is 0 Å². The summed E-state index contributed by atoms with van der Waals surface area (Å²) < 4.78 is 11.4. The van der Waals surface area contributed by atoms with Crippen LogP contribution in [-0.2, 0) is 11.3 Å². The predicted molar refractivity (Wildman–Crippen MR) is 153 cm³/mol. The highest BCUT2D eigenvalue weighted by atomic mass is 32.2. The normalized spacial score (nSPS) is 16.2. The largest absolute Gasteiger partial charge is 0.467 e. The molecule has 0 atom stereocenters. The number of rotatable bonds is 8. The lowest BCUT2D eigenvalue weighted by molar-refractivity contribution is -0.122. The molecular formula is C31H25N3O3S. The van der Waals surface area contributed by atoms with Gasteiger partial charge in [0.25, 0.3) is 5.91 Å². The zero-order valence-electron chi connectivity index (χ0n) is 20.7. The SMILES string of the molecule is CC(/C=C1\S/C(=N/N=C\c2cccc(Oc3ccccc3)c2)N(Cc2ccco2)C1=O)=C\c1ccccc1. The van der Waals surface area contributed by atoms with E-state index in [1.165, 1.54) is 11.8 Å². The monoisotopic (exact) mass is 519 g/mol. The van der Waals surface area contributed by atoms with Crippen molar-refractivity contribution in [1.29, 1.82) is 0 Å². The van der Waals surface area contributed by atoms with Crippen LogP contribution in [0.15, 0.2) is 134 Å². The van der Waals surface area contributed by atoms with Gasteiger partial charge in [-0.2, -0.15) is 5.10 Å². The van der Waals surface area contributed by atoms with Gasteiger partial charge in [-0.3, -0.25) is 9.69 Å². The van der Waals surface area contributed by atoms with Crippen molar-refractivity contribution >= 4 is 35.1 Å². The molecule has 4 aromatic rings. The number of carbonyl (C=O) groups excluding carboxylic acids is 1. The lowest BCUT2D eigenvalue weighted by atomic mass is 10.1. The summed E-state index contributed by atoms with van der Waals surface area (Å²) in [7, 11) is 0. The number of benzene rings is 3. The fourth-order valence-electron chi connectivity index (χ4n) is 3.77. The molecule has 0 spiro atoms. The zero-order valence-corrected chi connectivity index (χ0v) is 21.5. The lowest BCUT2D eigenvalue weighted by Gasteiger charge is -2.12. The summed E-state index contributed by atoms with van der Waals surface area (Å²) in [5, 5.41) is 9.17. The molecule has 0 aliphatic carbocycles. The molecule has 0 radical (unpaired) electrons. The number of para-hydroxylation sites is 1. The molecule has 0 unspecified atom stereocenters. The third-order valence-corrected chi connectivity index (χ3v) is 6.52. The highest BCUT2D eigenvalue weighted by Crippen LogP contribution is 2.33. The number of furan rings is 1. The number of nitrogens with zero attached hydrogens (tertiary/aromatic N) is 3. The highest BCUT2D eigenvalue weighted by molar-refractivity contribution is 8.18. The zero-order chi connectivity index (χ0) is 26.2. The number of hydrogen-bond acceptors (Lipinski definition) is 6. The van der Waals surface area contributed by atoms with Crippen LogP contribution in [0.1, 0.15) is 23.8 Å². The maximum absolute atomic E-state index is 13.3. The molecule has 1 aliphatic rings. The average molecular weight is 520 g/mol. The van der Waals surface area contributed by atoms with Crippen molar-refractivity contribution in [3.05, 3.63) is 137 Å². The molecule has 1 saturated heterocycles. The van der Waals surface area contributed by atoms with E-state index in [-0.39, 0.29) is 12.5 Å². The van der Waals surface area contributed by atoms with Crippen molar-refractivity contribution in [2.45, 2.75) is 13.5 Å². The van der Waals surface area contributed by atoms with Gasteiger partial charge < -0.3 is 9.15 Å². The lowest BCUT2D eigenvalue weighted by Crippen LogP contribution is -2.28. The minimum Gasteiger partial charge on any atom is -0.467 e. The van der Waals surface area contributed by atoms with E-state index < -0.39 is 0 Å². The Balaban J connectivity index is 1.36. The first-order chi connectivity index (χ1) is 18.6. The van der Waals surface area contributed by atoms with Gasteiger partial charge in [0.15, 0.2) is 5.17 Å². The van der Waals surface area contributed by atoms with Gasteiger partial charge in [0.05, 0.1) is 23.9 Å². The second-order valence-electron chi connectivity index (χ2n) is 8.50. The number of amidine groups is 1. The van der Waals surface area contributed by atoms with E-state index in [4.69, 9.17) is 9.15 Å². The Morgan fingerprint density at radius 3 is 2.42 bits per heavy atom. The van der Waals surface area contributed by atoms with E-state index in [9.17, 15) is 4.79 Å². The van der Waals surface area contributed by atoms with Gasteiger partial charge in [-0.05, 0) is 77.9 Å². The van der Waals surface area contributed by atoms with Crippen LogP contribution < -0.4 is 4.74 Å². The molecule has 0 bridgehead atoms. The van der Waals surface area contributed by atoms with Crippen molar-refractivity contribution in [2.24, 2.45) is 10.2 Å². The molecule has 2 heterocycles. The summed E-state index contributed by atoms with van der Waals surface area (Å²) in [5.41, 5.74) is 2.86. The molecule has 1 aliphatic heterocycles. The predicted octanol–water partition coefficient (Wildman–Crippen LogP) is 7.52. The Kier molecular flexibility index (Phi) is 7.96. The van der Waals surface area contributed by atoms with Crippen molar-refractivity contribution in [3.8, 4) is 11.5 Å². The smallest absolute Gasteiger partial charge is 0.267 e. The molecule has 6 nitrogen and oxygen atoms in total. The topological polar surface area (TPSA) is 67.4 Å². The summed E-state index contributed by atoms with van der Waals surface area (Å²) in [4.78, 5) is 15.5. The van der Waals surface area contributed by atoms with E-state index in [0.29, 0.717) is 21.6 Å². The third-order valence-electron chi connectivity index (χ3n) is 5.52. The first-order valence-corrected chi connectivity index (χ1v) is 12.9. The van der Waals surface area contributed by atoms with Crippen LogP contribution in [0.3, 0.4) is 0 Å². The van der Waals surface area contributed by atoms with E-state index >= 15 is 0 Å². The molecule has 188 valence electrons. The Hall–Kier alpha value is -4.62. The maximum Gasteiger partial charge on any atom is 0.267 e. The van der Waals surface area contributed by atoms with Crippen LogP contribution in [0, 0.1) is 0 Å². The van der Waals surface area contributed by atoms with Gasteiger partial charge in [0.1, 0.15) is 17.3 Å². The molecular weight excluding hydrogens is 494 g/mol. The minimum absolute atomic E-state index is 0.139. The quantitative estimate of drug-likeness (QED) is 0.137. The average Bonchev–Trinajstić information content (AvgIpc) is 3.54. The van der Waals surface area contributed by atoms with E-state index in [1.54, 1.807) is 23.4 Å². The van der Waals surface area contributed by atoms with Gasteiger partial charge >= 0.3 is 0 Å². The number of hydrogen-bond donors (Lipinski definition) is 0. The van der Waals surface area contributed by atoms with Gasteiger partial charge in [0, 0.05) is 0 Å². The molecule has 38 heavy (non-hydrogen) atoms. The molecule has 5 rings (SSSR count). The van der Waals surface area contributed by atoms with Crippen molar-refractivity contribution in [1.82, 2.24) is 4.90 Å². The first-order valence-electron chi connectivity index (χ1n) is 12.1. The summed E-state index contributed by atoms with van der Waals surface area (Å²) >= 11 is 1.29. The molecule has 1 aromatic heterocycles. The van der Waals surface area contributed by atoms with Crippen LogP contribution in [0.2, 0.25) is 0 Å². The second-order valence-corrected chi connectivity index (χ2v) is 9.50. The molecule has 3 aromatic carbocycles. The highest BCUT2D eigenvalue weighted by Gasteiger charge is 2.34. The molecule has 0 saturated carbocycles.